The van der Waals surface area contributed by atoms with Crippen LogP contribution in [0.1, 0.15) is 12.0 Å². The van der Waals surface area contributed by atoms with Gasteiger partial charge in [0.05, 0.1) is 6.61 Å². The lowest BCUT2D eigenvalue weighted by Crippen LogP contribution is -2.06. The van der Waals surface area contributed by atoms with E-state index >= 15 is 0 Å². The largest absolute Gasteiger partial charge is 0.493 e. The van der Waals surface area contributed by atoms with Gasteiger partial charge >= 0.3 is 0 Å². The summed E-state index contributed by atoms with van der Waals surface area (Å²) in [6, 6.07) is 5.69. The van der Waals surface area contributed by atoms with Gasteiger partial charge in [-0.3, -0.25) is 0 Å². The predicted octanol–water partition coefficient (Wildman–Crippen LogP) is 2.38. The highest BCUT2D eigenvalue weighted by Crippen LogP contribution is 2.21. The molecule has 3 heteroatoms. The minimum Gasteiger partial charge on any atom is -0.493 e. The molecule has 0 radical (unpaired) electrons. The smallest absolute Gasteiger partial charge is 0.120 e. The highest BCUT2D eigenvalue weighted by molar-refractivity contribution is 6.31. The average molecular weight is 200 g/mol. The van der Waals surface area contributed by atoms with Crippen molar-refractivity contribution in [3.8, 4) is 5.75 Å². The van der Waals surface area contributed by atoms with Crippen molar-refractivity contribution in [1.29, 1.82) is 0 Å². The molecule has 0 aliphatic heterocycles. The molecule has 13 heavy (non-hydrogen) atoms. The Morgan fingerprint density at radius 3 is 2.85 bits per heavy atom. The second-order valence-electron chi connectivity index (χ2n) is 2.90. The van der Waals surface area contributed by atoms with Crippen molar-refractivity contribution in [3.05, 3.63) is 28.8 Å². The predicted molar refractivity (Wildman–Crippen MR) is 55.4 cm³/mol. The van der Waals surface area contributed by atoms with Crippen LogP contribution in [-0.2, 0) is 0 Å². The van der Waals surface area contributed by atoms with E-state index in [1.165, 1.54) is 0 Å². The number of ether oxygens (including phenoxy) is 1. The van der Waals surface area contributed by atoms with Gasteiger partial charge in [-0.1, -0.05) is 17.7 Å². The number of hydrogen-bond acceptors (Lipinski definition) is 2. The van der Waals surface area contributed by atoms with Crippen molar-refractivity contribution in [1.82, 2.24) is 0 Å². The van der Waals surface area contributed by atoms with Crippen molar-refractivity contribution in [3.63, 3.8) is 0 Å². The van der Waals surface area contributed by atoms with Gasteiger partial charge in [-0.05, 0) is 37.6 Å². The fourth-order valence-electron chi connectivity index (χ4n) is 0.937. The van der Waals surface area contributed by atoms with E-state index in [4.69, 9.17) is 22.1 Å². The summed E-state index contributed by atoms with van der Waals surface area (Å²) in [5.74, 6) is 0.809. The molecule has 2 N–H and O–H groups in total. The molecule has 0 bridgehead atoms. The summed E-state index contributed by atoms with van der Waals surface area (Å²) in [6.45, 7) is 3.27. The Balaban J connectivity index is 2.53. The topological polar surface area (TPSA) is 35.2 Å². The van der Waals surface area contributed by atoms with Gasteiger partial charge in [0.2, 0.25) is 0 Å². The molecule has 0 aromatic heterocycles. The van der Waals surface area contributed by atoms with Crippen molar-refractivity contribution in [2.75, 3.05) is 13.2 Å². The highest BCUT2D eigenvalue weighted by atomic mass is 35.5. The Labute approximate surface area is 83.6 Å². The normalized spacial score (nSPS) is 10.1. The van der Waals surface area contributed by atoms with E-state index in [2.05, 4.69) is 0 Å². The van der Waals surface area contributed by atoms with E-state index in [-0.39, 0.29) is 0 Å². The first-order valence-electron chi connectivity index (χ1n) is 4.33. The fourth-order valence-corrected chi connectivity index (χ4v) is 1.11. The standard InChI is InChI=1S/C10H14ClNO/c1-8-3-4-9(7-10(8)11)13-6-2-5-12/h3-4,7H,2,5-6,12H2,1H3. The van der Waals surface area contributed by atoms with Gasteiger partial charge in [-0.2, -0.15) is 0 Å². The molecular formula is C10H14ClNO. The summed E-state index contributed by atoms with van der Waals surface area (Å²) in [7, 11) is 0. The second-order valence-corrected chi connectivity index (χ2v) is 3.31. The number of hydrogen-bond donors (Lipinski definition) is 1. The Kier molecular flexibility index (Phi) is 4.06. The molecule has 0 unspecified atom stereocenters. The molecule has 0 spiro atoms. The van der Waals surface area contributed by atoms with Crippen LogP contribution in [0.2, 0.25) is 5.02 Å². The molecule has 0 aliphatic carbocycles. The van der Waals surface area contributed by atoms with Gasteiger partial charge in [0, 0.05) is 5.02 Å². The molecule has 72 valence electrons. The van der Waals surface area contributed by atoms with Crippen LogP contribution in [0.5, 0.6) is 5.75 Å². The monoisotopic (exact) mass is 199 g/mol. The number of rotatable bonds is 4. The van der Waals surface area contributed by atoms with E-state index < -0.39 is 0 Å². The molecule has 0 heterocycles. The zero-order chi connectivity index (χ0) is 9.68. The van der Waals surface area contributed by atoms with Crippen LogP contribution in [0.25, 0.3) is 0 Å². The maximum absolute atomic E-state index is 5.92. The van der Waals surface area contributed by atoms with Crippen LogP contribution in [0.15, 0.2) is 18.2 Å². The average Bonchev–Trinajstić information content (AvgIpc) is 2.12. The van der Waals surface area contributed by atoms with Crippen LogP contribution in [0, 0.1) is 6.92 Å². The molecule has 1 rings (SSSR count). The van der Waals surface area contributed by atoms with Gasteiger partial charge in [0.15, 0.2) is 0 Å². The number of nitrogens with two attached hydrogens (primary N) is 1. The van der Waals surface area contributed by atoms with Gasteiger partial charge in [-0.25, -0.2) is 0 Å². The van der Waals surface area contributed by atoms with Crippen molar-refractivity contribution >= 4 is 11.6 Å². The van der Waals surface area contributed by atoms with Gasteiger partial charge < -0.3 is 10.5 Å². The maximum atomic E-state index is 5.92. The first-order chi connectivity index (χ1) is 6.24. The fraction of sp³-hybridized carbons (Fsp3) is 0.400. The maximum Gasteiger partial charge on any atom is 0.120 e. The lowest BCUT2D eigenvalue weighted by Gasteiger charge is -2.06. The molecule has 0 fully saturated rings. The summed E-state index contributed by atoms with van der Waals surface area (Å²) < 4.78 is 5.42. The summed E-state index contributed by atoms with van der Waals surface area (Å²) >= 11 is 5.92. The van der Waals surface area contributed by atoms with Crippen molar-refractivity contribution in [2.45, 2.75) is 13.3 Å². The highest BCUT2D eigenvalue weighted by Gasteiger charge is 1.97. The minimum absolute atomic E-state index is 0.649. The number of benzene rings is 1. The molecule has 0 saturated carbocycles. The molecule has 0 aliphatic rings. The zero-order valence-corrected chi connectivity index (χ0v) is 8.47. The molecule has 0 atom stereocenters. The third-order valence-corrected chi connectivity index (χ3v) is 2.17. The Morgan fingerprint density at radius 2 is 2.23 bits per heavy atom. The molecule has 1 aromatic carbocycles. The van der Waals surface area contributed by atoms with Gasteiger partial charge in [0.25, 0.3) is 0 Å². The third-order valence-electron chi connectivity index (χ3n) is 1.76. The first kappa shape index (κ1) is 10.4. The third kappa shape index (κ3) is 3.25. The quantitative estimate of drug-likeness (QED) is 0.756. The van der Waals surface area contributed by atoms with Crippen LogP contribution in [0.3, 0.4) is 0 Å². The minimum atomic E-state index is 0.649. The number of halogens is 1. The molecule has 0 saturated heterocycles. The van der Waals surface area contributed by atoms with E-state index in [1.54, 1.807) is 0 Å². The van der Waals surface area contributed by atoms with Crippen molar-refractivity contribution < 1.29 is 4.74 Å². The summed E-state index contributed by atoms with van der Waals surface area (Å²) in [4.78, 5) is 0. The summed E-state index contributed by atoms with van der Waals surface area (Å²) in [5, 5.41) is 0.741. The molecule has 1 aromatic rings. The Hall–Kier alpha value is -0.730. The van der Waals surface area contributed by atoms with E-state index in [0.717, 1.165) is 22.8 Å². The van der Waals surface area contributed by atoms with E-state index in [1.807, 2.05) is 25.1 Å². The molecule has 0 amide bonds. The van der Waals surface area contributed by atoms with E-state index in [0.29, 0.717) is 13.2 Å². The van der Waals surface area contributed by atoms with Gasteiger partial charge in [-0.15, -0.1) is 0 Å². The first-order valence-corrected chi connectivity index (χ1v) is 4.71. The molecular weight excluding hydrogens is 186 g/mol. The second kappa shape index (κ2) is 5.10. The van der Waals surface area contributed by atoms with Crippen LogP contribution >= 0.6 is 11.6 Å². The number of aryl methyl sites for hydroxylation is 1. The molecule has 2 nitrogen and oxygen atoms in total. The lowest BCUT2D eigenvalue weighted by atomic mass is 10.2. The van der Waals surface area contributed by atoms with Crippen molar-refractivity contribution in [2.24, 2.45) is 5.73 Å². The van der Waals surface area contributed by atoms with Crippen LogP contribution in [-0.4, -0.2) is 13.2 Å². The zero-order valence-electron chi connectivity index (χ0n) is 7.72. The van der Waals surface area contributed by atoms with Crippen LogP contribution in [0.4, 0.5) is 0 Å². The van der Waals surface area contributed by atoms with Gasteiger partial charge in [0.1, 0.15) is 5.75 Å². The van der Waals surface area contributed by atoms with E-state index in [9.17, 15) is 0 Å². The Bertz CT molecular complexity index is 276. The summed E-state index contributed by atoms with van der Waals surface area (Å²) in [6.07, 6.45) is 0.867. The Morgan fingerprint density at radius 1 is 1.46 bits per heavy atom. The SMILES string of the molecule is Cc1ccc(OCCCN)cc1Cl. The van der Waals surface area contributed by atoms with Crippen LogP contribution < -0.4 is 10.5 Å². The lowest BCUT2D eigenvalue weighted by molar-refractivity contribution is 0.313. The summed E-state index contributed by atoms with van der Waals surface area (Å²) in [5.41, 5.74) is 6.40.